The highest BCUT2D eigenvalue weighted by molar-refractivity contribution is 5.21. The third kappa shape index (κ3) is 3.48. The van der Waals surface area contributed by atoms with E-state index in [1.165, 1.54) is 5.56 Å². The van der Waals surface area contributed by atoms with Crippen molar-refractivity contribution in [2.45, 2.75) is 45.8 Å². The summed E-state index contributed by atoms with van der Waals surface area (Å²) in [7, 11) is 0. The first-order chi connectivity index (χ1) is 12.7. The topological polar surface area (TPSA) is 60.6 Å². The van der Waals surface area contributed by atoms with Crippen LogP contribution in [0.2, 0.25) is 0 Å². The molecule has 0 N–H and O–H groups in total. The molecule has 2 aliphatic heterocycles. The van der Waals surface area contributed by atoms with Gasteiger partial charge >= 0.3 is 0 Å². The van der Waals surface area contributed by atoms with Crippen LogP contribution in [-0.4, -0.2) is 47.4 Å². The Morgan fingerprint density at radius 1 is 1.35 bits per heavy atom. The lowest BCUT2D eigenvalue weighted by Crippen LogP contribution is -2.57. The van der Waals surface area contributed by atoms with E-state index in [1.54, 1.807) is 6.20 Å². The van der Waals surface area contributed by atoms with Crippen molar-refractivity contribution in [2.24, 2.45) is 5.41 Å². The van der Waals surface area contributed by atoms with E-state index >= 15 is 0 Å². The minimum absolute atomic E-state index is 0.0208. The number of fused-ring (bicyclic) bond motifs is 1. The van der Waals surface area contributed by atoms with E-state index in [0.29, 0.717) is 12.5 Å². The summed E-state index contributed by atoms with van der Waals surface area (Å²) >= 11 is 0. The monoisotopic (exact) mass is 357 g/mol. The summed E-state index contributed by atoms with van der Waals surface area (Å²) in [5.74, 6) is 1.61. The molecule has 2 saturated heterocycles. The zero-order valence-electron chi connectivity index (χ0n) is 15.6. The van der Waals surface area contributed by atoms with Gasteiger partial charge in [-0.15, -0.1) is 0 Å². The Labute approximate surface area is 154 Å². The maximum Gasteiger partial charge on any atom is 0.213 e. The van der Waals surface area contributed by atoms with Gasteiger partial charge in [-0.2, -0.15) is 0 Å². The van der Waals surface area contributed by atoms with Crippen LogP contribution < -0.4 is 4.74 Å². The lowest BCUT2D eigenvalue weighted by Gasteiger charge is -2.50. The zero-order chi connectivity index (χ0) is 18.0. The molecule has 0 radical (unpaired) electrons. The predicted octanol–water partition coefficient (Wildman–Crippen LogP) is 3.14. The van der Waals surface area contributed by atoms with Gasteiger partial charge in [-0.3, -0.25) is 4.90 Å². The Hall–Kier alpha value is -1.92. The molecule has 0 aliphatic carbocycles. The highest BCUT2D eigenvalue weighted by Crippen LogP contribution is 2.41. The van der Waals surface area contributed by atoms with E-state index in [-0.39, 0.29) is 11.5 Å². The first-order valence-corrected chi connectivity index (χ1v) is 9.46. The zero-order valence-corrected chi connectivity index (χ0v) is 15.6. The maximum absolute atomic E-state index is 6.15. The highest BCUT2D eigenvalue weighted by Gasteiger charge is 2.46. The highest BCUT2D eigenvalue weighted by atomic mass is 16.5. The van der Waals surface area contributed by atoms with Crippen LogP contribution in [0.3, 0.4) is 0 Å². The molecule has 2 aliphatic rings. The fourth-order valence-corrected chi connectivity index (χ4v) is 4.33. The molecule has 4 heterocycles. The van der Waals surface area contributed by atoms with Crippen molar-refractivity contribution in [3.8, 4) is 5.88 Å². The number of aryl methyl sites for hydroxylation is 2. The maximum atomic E-state index is 6.15. The molecule has 0 bridgehead atoms. The summed E-state index contributed by atoms with van der Waals surface area (Å²) in [6.07, 6.45) is 5.28. The Balaban J connectivity index is 1.49. The summed E-state index contributed by atoms with van der Waals surface area (Å²) in [5.41, 5.74) is 2.22. The average molecular weight is 357 g/mol. The molecule has 2 atom stereocenters. The molecule has 6 heteroatoms. The molecule has 2 aromatic heterocycles. The van der Waals surface area contributed by atoms with Crippen LogP contribution in [0.15, 0.2) is 28.9 Å². The molecule has 0 aromatic carbocycles. The van der Waals surface area contributed by atoms with Crippen molar-refractivity contribution in [1.29, 1.82) is 0 Å². The van der Waals surface area contributed by atoms with Crippen molar-refractivity contribution in [1.82, 2.24) is 15.0 Å². The van der Waals surface area contributed by atoms with Crippen LogP contribution in [0, 0.1) is 19.3 Å². The number of rotatable bonds is 5. The fourth-order valence-electron chi connectivity index (χ4n) is 4.33. The second-order valence-electron chi connectivity index (χ2n) is 7.58. The number of piperidine rings is 1. The second kappa shape index (κ2) is 7.37. The molecule has 26 heavy (non-hydrogen) atoms. The van der Waals surface area contributed by atoms with Gasteiger partial charge in [0.05, 0.1) is 18.4 Å². The third-order valence-corrected chi connectivity index (χ3v) is 5.78. The molecule has 140 valence electrons. The van der Waals surface area contributed by atoms with E-state index in [1.807, 2.05) is 32.0 Å². The van der Waals surface area contributed by atoms with Crippen LogP contribution in [0.4, 0.5) is 0 Å². The largest absolute Gasteiger partial charge is 0.477 e. The molecule has 2 aromatic rings. The summed E-state index contributed by atoms with van der Waals surface area (Å²) in [4.78, 5) is 6.80. The van der Waals surface area contributed by atoms with Gasteiger partial charge in [0.15, 0.2) is 0 Å². The lowest BCUT2D eigenvalue weighted by molar-refractivity contribution is -0.141. The van der Waals surface area contributed by atoms with E-state index in [9.17, 15) is 0 Å². The number of likely N-dealkylation sites (tertiary alicyclic amines) is 1. The Morgan fingerprint density at radius 3 is 3.04 bits per heavy atom. The minimum atomic E-state index is 0.0208. The summed E-state index contributed by atoms with van der Waals surface area (Å²) in [5, 5.41) is 4.10. The van der Waals surface area contributed by atoms with Crippen LogP contribution in [0.5, 0.6) is 5.88 Å². The van der Waals surface area contributed by atoms with Gasteiger partial charge in [0.1, 0.15) is 5.76 Å². The van der Waals surface area contributed by atoms with E-state index in [0.717, 1.165) is 57.0 Å². The van der Waals surface area contributed by atoms with Crippen molar-refractivity contribution in [3.63, 3.8) is 0 Å². The van der Waals surface area contributed by atoms with Crippen molar-refractivity contribution in [3.05, 3.63) is 41.4 Å². The minimum Gasteiger partial charge on any atom is -0.477 e. The number of hydrogen-bond donors (Lipinski definition) is 0. The molecule has 6 nitrogen and oxygen atoms in total. The van der Waals surface area contributed by atoms with E-state index < -0.39 is 0 Å². The third-order valence-electron chi connectivity index (χ3n) is 5.78. The second-order valence-corrected chi connectivity index (χ2v) is 7.58. The molecular formula is C20H27N3O3. The Morgan fingerprint density at radius 2 is 2.27 bits per heavy atom. The molecule has 0 amide bonds. The Bertz CT molecular complexity index is 714. The molecular weight excluding hydrogens is 330 g/mol. The van der Waals surface area contributed by atoms with Crippen molar-refractivity contribution < 1.29 is 14.0 Å². The van der Waals surface area contributed by atoms with Gasteiger partial charge in [0, 0.05) is 49.5 Å². The van der Waals surface area contributed by atoms with Crippen molar-refractivity contribution >= 4 is 0 Å². The van der Waals surface area contributed by atoms with Crippen molar-refractivity contribution in [2.75, 3.05) is 26.3 Å². The van der Waals surface area contributed by atoms with Gasteiger partial charge in [0.25, 0.3) is 0 Å². The van der Waals surface area contributed by atoms with Crippen LogP contribution >= 0.6 is 0 Å². The number of hydrogen-bond acceptors (Lipinski definition) is 6. The van der Waals surface area contributed by atoms with Crippen LogP contribution in [-0.2, 0) is 11.3 Å². The molecule has 0 unspecified atom stereocenters. The van der Waals surface area contributed by atoms with Gasteiger partial charge in [0.2, 0.25) is 5.88 Å². The van der Waals surface area contributed by atoms with Crippen LogP contribution in [0.25, 0.3) is 0 Å². The lowest BCUT2D eigenvalue weighted by atomic mass is 9.73. The normalized spacial score (nSPS) is 26.5. The fraction of sp³-hybridized carbons (Fsp3) is 0.600. The molecule has 0 spiro atoms. The number of aromatic nitrogens is 2. The average Bonchev–Trinajstić information content (AvgIpc) is 2.99. The van der Waals surface area contributed by atoms with Gasteiger partial charge in [-0.05, 0) is 39.2 Å². The molecule has 2 fully saturated rings. The number of nitrogens with zero attached hydrogens (tertiary/aromatic N) is 3. The first-order valence-electron chi connectivity index (χ1n) is 9.46. The van der Waals surface area contributed by atoms with Gasteiger partial charge < -0.3 is 14.0 Å². The number of pyridine rings is 1. The van der Waals surface area contributed by atoms with Gasteiger partial charge in [-0.1, -0.05) is 11.2 Å². The van der Waals surface area contributed by atoms with Crippen LogP contribution in [0.1, 0.15) is 36.3 Å². The molecule has 4 rings (SSSR count). The van der Waals surface area contributed by atoms with E-state index in [4.69, 9.17) is 14.0 Å². The Kier molecular flexibility index (Phi) is 4.96. The summed E-state index contributed by atoms with van der Waals surface area (Å²) < 4.78 is 17.6. The first kappa shape index (κ1) is 17.5. The summed E-state index contributed by atoms with van der Waals surface area (Å²) in [6, 6.07) is 5.78. The summed E-state index contributed by atoms with van der Waals surface area (Å²) in [6.45, 7) is 8.38. The smallest absolute Gasteiger partial charge is 0.213 e. The quantitative estimate of drug-likeness (QED) is 0.819. The van der Waals surface area contributed by atoms with E-state index in [2.05, 4.69) is 15.0 Å². The SMILES string of the molecule is Cc1noc(C)c1CN1CC[C@H]2OCCC[C@]2(COc2ccccn2)C1. The standard InChI is InChI=1S/C20H27N3O3/c1-15-17(16(2)26-22-15)12-23-10-7-18-20(13-23,8-5-11-24-18)14-25-19-6-3-4-9-21-19/h3-4,6,9,18H,5,7-8,10-14H2,1-2H3/t18-,20-/m1/s1. The predicted molar refractivity (Wildman–Crippen MR) is 97.0 cm³/mol. The van der Waals surface area contributed by atoms with Gasteiger partial charge in [-0.25, -0.2) is 4.98 Å². The molecule has 0 saturated carbocycles. The number of ether oxygens (including phenoxy) is 2.